The molecule has 0 atom stereocenters. The van der Waals surface area contributed by atoms with E-state index in [1.807, 2.05) is 0 Å². The minimum atomic E-state index is -3.92. The first-order chi connectivity index (χ1) is 8.36. The number of nitrogens with zero attached hydrogens (tertiary/aromatic N) is 1. The van der Waals surface area contributed by atoms with Crippen LogP contribution in [0.3, 0.4) is 0 Å². The smallest absolute Gasteiger partial charge is 0.169 e. The predicted molar refractivity (Wildman–Crippen MR) is 71.2 cm³/mol. The van der Waals surface area contributed by atoms with Gasteiger partial charge in [0.25, 0.3) is 0 Å². The first kappa shape index (κ1) is 17.1. The highest BCUT2D eigenvalue weighted by Crippen LogP contribution is 1.99. The minimum absolute atomic E-state index is 0.604. The summed E-state index contributed by atoms with van der Waals surface area (Å²) < 4.78 is 29.5. The van der Waals surface area contributed by atoms with Crippen LogP contribution in [0.25, 0.3) is 0 Å². The summed E-state index contributed by atoms with van der Waals surface area (Å²) in [4.78, 5) is 0. The maximum absolute atomic E-state index is 9.08. The fraction of sp³-hybridized carbons (Fsp3) is 0.615. The summed E-state index contributed by atoms with van der Waals surface area (Å²) in [5, 5.41) is 0. The van der Waals surface area contributed by atoms with Crippen molar-refractivity contribution in [3.63, 3.8) is 0 Å². The van der Waals surface area contributed by atoms with Crippen molar-refractivity contribution < 1.29 is 17.5 Å². The maximum Gasteiger partial charge on any atom is 0.169 e. The molecule has 18 heavy (non-hydrogen) atoms. The third-order valence-electron chi connectivity index (χ3n) is 2.27. The Morgan fingerprint density at radius 1 is 1.17 bits per heavy atom. The topological polar surface area (TPSA) is 61.1 Å². The fourth-order valence-corrected chi connectivity index (χ4v) is 1.43. The number of hydrogen-bond donors (Lipinski definition) is 0. The van der Waals surface area contributed by atoms with Crippen molar-refractivity contribution in [1.29, 1.82) is 0 Å². The zero-order chi connectivity index (χ0) is 14.0. The van der Waals surface area contributed by atoms with E-state index >= 15 is 0 Å². The molecule has 0 aliphatic rings. The molecule has 104 valence electrons. The summed E-state index contributed by atoms with van der Waals surface area (Å²) in [6, 6.07) is 4.47. The van der Waals surface area contributed by atoms with Gasteiger partial charge >= 0.3 is 0 Å². The van der Waals surface area contributed by atoms with Gasteiger partial charge in [-0.25, -0.2) is 13.0 Å². The van der Waals surface area contributed by atoms with Crippen LogP contribution in [-0.4, -0.2) is 19.2 Å². The Labute approximate surface area is 110 Å². The largest absolute Gasteiger partial charge is 0.748 e. The quantitative estimate of drug-likeness (QED) is 0.608. The molecule has 0 spiro atoms. The van der Waals surface area contributed by atoms with Crippen molar-refractivity contribution in [3.8, 4) is 0 Å². The van der Waals surface area contributed by atoms with Gasteiger partial charge in [-0.2, -0.15) is 0 Å². The highest BCUT2D eigenvalue weighted by Gasteiger charge is 1.98. The normalized spacial score (nSPS) is 10.7. The molecule has 0 aliphatic heterocycles. The average Bonchev–Trinajstić information content (AvgIpc) is 2.26. The minimum Gasteiger partial charge on any atom is -0.748 e. The van der Waals surface area contributed by atoms with Gasteiger partial charge in [-0.1, -0.05) is 26.7 Å². The van der Waals surface area contributed by atoms with Crippen molar-refractivity contribution >= 4 is 10.1 Å². The van der Waals surface area contributed by atoms with Crippen molar-refractivity contribution in [2.24, 2.45) is 0 Å². The second kappa shape index (κ2) is 9.05. The van der Waals surface area contributed by atoms with Gasteiger partial charge in [-0.3, -0.25) is 0 Å². The number of aromatic nitrogens is 1. The Balaban J connectivity index is 0.000000494. The van der Waals surface area contributed by atoms with E-state index in [1.165, 1.54) is 31.2 Å². The molecule has 1 rings (SSSR count). The van der Waals surface area contributed by atoms with Crippen LogP contribution in [0.15, 0.2) is 24.5 Å². The Morgan fingerprint density at radius 2 is 1.67 bits per heavy atom. The number of aryl methyl sites for hydroxylation is 2. The molecule has 0 saturated carbocycles. The van der Waals surface area contributed by atoms with Crippen molar-refractivity contribution in [2.75, 3.05) is 6.26 Å². The van der Waals surface area contributed by atoms with E-state index in [1.54, 1.807) is 0 Å². The van der Waals surface area contributed by atoms with E-state index in [-0.39, 0.29) is 0 Å². The van der Waals surface area contributed by atoms with Crippen LogP contribution in [0, 0.1) is 0 Å². The number of pyridine rings is 1. The summed E-state index contributed by atoms with van der Waals surface area (Å²) in [7, 11) is -3.92. The second-order valence-electron chi connectivity index (χ2n) is 4.25. The third kappa shape index (κ3) is 11.5. The number of unbranched alkanes of at least 4 members (excludes halogenated alkanes) is 1. The summed E-state index contributed by atoms with van der Waals surface area (Å²) in [6.45, 7) is 5.60. The molecule has 0 radical (unpaired) electrons. The van der Waals surface area contributed by atoms with E-state index in [0.717, 1.165) is 6.54 Å². The molecular weight excluding hydrogens is 250 g/mol. The van der Waals surface area contributed by atoms with Crippen LogP contribution in [0.1, 0.15) is 38.7 Å². The van der Waals surface area contributed by atoms with Crippen molar-refractivity contribution in [2.45, 2.75) is 46.1 Å². The molecular formula is C13H23NO3S. The summed E-state index contributed by atoms with van der Waals surface area (Å²) in [5.41, 5.74) is 1.45. The lowest BCUT2D eigenvalue weighted by Gasteiger charge is -1.97. The molecule has 1 aromatic heterocycles. The predicted octanol–water partition coefficient (Wildman–Crippen LogP) is 1.89. The second-order valence-corrected chi connectivity index (χ2v) is 5.66. The fourth-order valence-electron chi connectivity index (χ4n) is 1.43. The molecule has 0 aliphatic carbocycles. The lowest BCUT2D eigenvalue weighted by Crippen LogP contribution is -2.32. The maximum atomic E-state index is 9.08. The summed E-state index contributed by atoms with van der Waals surface area (Å²) in [5.74, 6) is 0. The summed E-state index contributed by atoms with van der Waals surface area (Å²) >= 11 is 0. The van der Waals surface area contributed by atoms with E-state index < -0.39 is 10.1 Å². The van der Waals surface area contributed by atoms with E-state index in [9.17, 15) is 0 Å². The third-order valence-corrected chi connectivity index (χ3v) is 2.27. The Morgan fingerprint density at radius 3 is 2.06 bits per heavy atom. The van der Waals surface area contributed by atoms with Crippen LogP contribution < -0.4 is 4.57 Å². The molecule has 1 aromatic rings. The van der Waals surface area contributed by atoms with Crippen LogP contribution in [0.2, 0.25) is 0 Å². The SMILES string of the molecule is CCCC[n+]1ccc(CCC)cc1.CS(=O)(=O)[O-]. The Bertz CT molecular complexity index is 404. The van der Waals surface area contributed by atoms with Crippen LogP contribution in [0.4, 0.5) is 0 Å². The molecule has 0 saturated heterocycles. The van der Waals surface area contributed by atoms with Gasteiger partial charge in [0, 0.05) is 24.8 Å². The molecule has 0 amide bonds. The standard InChI is InChI=1S/C12H20N.CH4O3S/c1-3-5-9-13-10-7-12(6-4-2)8-11-13;1-5(2,3)4/h7-8,10-11H,3-6,9H2,1-2H3;1H3,(H,2,3,4)/q+1;/p-1. The van der Waals surface area contributed by atoms with Gasteiger partial charge in [0.15, 0.2) is 12.4 Å². The molecule has 0 bridgehead atoms. The van der Waals surface area contributed by atoms with Gasteiger partial charge in [-0.15, -0.1) is 0 Å². The Hall–Kier alpha value is -0.940. The lowest BCUT2D eigenvalue weighted by molar-refractivity contribution is -0.697. The van der Waals surface area contributed by atoms with Gasteiger partial charge in [-0.05, 0) is 12.0 Å². The molecule has 0 fully saturated rings. The van der Waals surface area contributed by atoms with Crippen LogP contribution in [-0.2, 0) is 23.1 Å². The van der Waals surface area contributed by atoms with E-state index in [4.69, 9.17) is 13.0 Å². The molecule has 4 nitrogen and oxygen atoms in total. The van der Waals surface area contributed by atoms with Crippen molar-refractivity contribution in [1.82, 2.24) is 0 Å². The highest BCUT2D eigenvalue weighted by atomic mass is 32.2. The Kier molecular flexibility index (Phi) is 8.58. The number of hydrogen-bond acceptors (Lipinski definition) is 3. The van der Waals surface area contributed by atoms with E-state index in [2.05, 4.69) is 42.9 Å². The monoisotopic (exact) mass is 273 g/mol. The lowest BCUT2D eigenvalue weighted by atomic mass is 10.1. The molecule has 0 N–H and O–H groups in total. The number of rotatable bonds is 5. The first-order valence-electron chi connectivity index (χ1n) is 6.25. The average molecular weight is 273 g/mol. The molecule has 1 heterocycles. The van der Waals surface area contributed by atoms with Crippen LogP contribution >= 0.6 is 0 Å². The summed E-state index contributed by atoms with van der Waals surface area (Å²) in [6.07, 6.45) is 9.98. The van der Waals surface area contributed by atoms with Crippen molar-refractivity contribution in [3.05, 3.63) is 30.1 Å². The van der Waals surface area contributed by atoms with Gasteiger partial charge in [0.1, 0.15) is 6.54 Å². The van der Waals surface area contributed by atoms with Crippen LogP contribution in [0.5, 0.6) is 0 Å². The van der Waals surface area contributed by atoms with Gasteiger partial charge in [0.2, 0.25) is 0 Å². The molecule has 0 aromatic carbocycles. The molecule has 0 unspecified atom stereocenters. The molecule has 5 heteroatoms. The highest BCUT2D eigenvalue weighted by molar-refractivity contribution is 7.84. The zero-order valence-corrected chi connectivity index (χ0v) is 12.2. The van der Waals surface area contributed by atoms with E-state index in [0.29, 0.717) is 6.26 Å². The van der Waals surface area contributed by atoms with Gasteiger partial charge in [0.05, 0.1) is 10.1 Å². The zero-order valence-electron chi connectivity index (χ0n) is 11.4. The first-order valence-corrected chi connectivity index (χ1v) is 8.07. The van der Waals surface area contributed by atoms with Gasteiger partial charge < -0.3 is 4.55 Å².